The number of aromatic nitrogens is 2. The van der Waals surface area contributed by atoms with Crippen molar-refractivity contribution >= 4 is 22.5 Å². The first-order valence-corrected chi connectivity index (χ1v) is 6.77. The summed E-state index contributed by atoms with van der Waals surface area (Å²) in [6, 6.07) is 9.70. The van der Waals surface area contributed by atoms with E-state index in [2.05, 4.69) is 10.3 Å². The molecule has 0 saturated heterocycles. The van der Waals surface area contributed by atoms with Crippen molar-refractivity contribution in [1.82, 2.24) is 10.3 Å². The molecule has 22 heavy (non-hydrogen) atoms. The summed E-state index contributed by atoms with van der Waals surface area (Å²) >= 11 is 0. The maximum atomic E-state index is 13.0. The van der Waals surface area contributed by atoms with E-state index in [4.69, 9.17) is 4.63 Å². The topological polar surface area (TPSA) is 59.2 Å². The maximum Gasteiger partial charge on any atom is 0.159 e. The average molecular weight is 299 g/mol. The lowest BCUT2D eigenvalue weighted by Gasteiger charge is -2.20. The number of halogens is 1. The fourth-order valence-corrected chi connectivity index (χ4v) is 2.32. The molecule has 0 bridgehead atoms. The molecule has 0 spiro atoms. The standard InChI is InChI=1S/C16H14FN3O2/c1-10(21)12-7-14-16(19-22-18-14)15(8-12)20(2)9-11-3-5-13(17)6-4-11/h3-8H,9H2,1-2H3. The Balaban J connectivity index is 1.98. The molecule has 3 aromatic rings. The van der Waals surface area contributed by atoms with Crippen molar-refractivity contribution in [2.24, 2.45) is 0 Å². The van der Waals surface area contributed by atoms with Gasteiger partial charge in [0.2, 0.25) is 0 Å². The number of ketones is 1. The van der Waals surface area contributed by atoms with Crippen LogP contribution in [0.3, 0.4) is 0 Å². The van der Waals surface area contributed by atoms with E-state index in [1.54, 1.807) is 24.3 Å². The molecule has 2 aromatic carbocycles. The fourth-order valence-electron chi connectivity index (χ4n) is 2.32. The number of Topliss-reactive ketones (excluding diaryl/α,β-unsaturated/α-hetero) is 1. The monoisotopic (exact) mass is 299 g/mol. The van der Waals surface area contributed by atoms with Crippen LogP contribution in [-0.4, -0.2) is 23.1 Å². The summed E-state index contributed by atoms with van der Waals surface area (Å²) in [6.45, 7) is 2.04. The van der Waals surface area contributed by atoms with Crippen molar-refractivity contribution in [2.45, 2.75) is 13.5 Å². The van der Waals surface area contributed by atoms with Gasteiger partial charge in [-0.2, -0.15) is 0 Å². The van der Waals surface area contributed by atoms with Crippen LogP contribution in [-0.2, 0) is 6.54 Å². The van der Waals surface area contributed by atoms with Gasteiger partial charge in [0, 0.05) is 19.2 Å². The molecule has 0 radical (unpaired) electrons. The summed E-state index contributed by atoms with van der Waals surface area (Å²) in [5, 5.41) is 7.71. The third-order valence-corrected chi connectivity index (χ3v) is 3.49. The van der Waals surface area contributed by atoms with E-state index in [1.165, 1.54) is 19.1 Å². The molecular formula is C16H14FN3O2. The van der Waals surface area contributed by atoms with Gasteiger partial charge in [-0.05, 0) is 47.1 Å². The summed E-state index contributed by atoms with van der Waals surface area (Å²) in [5.41, 5.74) is 3.36. The van der Waals surface area contributed by atoms with Crippen molar-refractivity contribution < 1.29 is 13.8 Å². The highest BCUT2D eigenvalue weighted by atomic mass is 19.1. The van der Waals surface area contributed by atoms with Crippen molar-refractivity contribution in [3.05, 3.63) is 53.3 Å². The zero-order valence-corrected chi connectivity index (χ0v) is 12.2. The molecule has 112 valence electrons. The third kappa shape index (κ3) is 2.67. The lowest BCUT2D eigenvalue weighted by Crippen LogP contribution is -2.17. The lowest BCUT2D eigenvalue weighted by molar-refractivity contribution is 0.101. The molecule has 0 saturated carbocycles. The Labute approximate surface area is 126 Å². The number of carbonyl (C=O) groups excluding carboxylic acids is 1. The quantitative estimate of drug-likeness (QED) is 0.692. The maximum absolute atomic E-state index is 13.0. The van der Waals surface area contributed by atoms with Gasteiger partial charge in [0.05, 0.1) is 5.69 Å². The minimum atomic E-state index is -0.270. The number of anilines is 1. The van der Waals surface area contributed by atoms with Gasteiger partial charge < -0.3 is 4.90 Å². The SMILES string of the molecule is CC(=O)c1cc(N(C)Cc2ccc(F)cc2)c2nonc2c1. The van der Waals surface area contributed by atoms with Crippen molar-refractivity contribution in [3.63, 3.8) is 0 Å². The van der Waals surface area contributed by atoms with E-state index in [1.807, 2.05) is 11.9 Å². The molecule has 3 rings (SSSR count). The van der Waals surface area contributed by atoms with Crippen molar-refractivity contribution in [2.75, 3.05) is 11.9 Å². The number of hydrogen-bond donors (Lipinski definition) is 0. The van der Waals surface area contributed by atoms with Crippen LogP contribution in [0.15, 0.2) is 41.0 Å². The Morgan fingerprint density at radius 2 is 1.95 bits per heavy atom. The van der Waals surface area contributed by atoms with Gasteiger partial charge in [0.25, 0.3) is 0 Å². The van der Waals surface area contributed by atoms with E-state index in [-0.39, 0.29) is 11.6 Å². The molecule has 0 unspecified atom stereocenters. The van der Waals surface area contributed by atoms with Crippen LogP contribution in [0.4, 0.5) is 10.1 Å². The van der Waals surface area contributed by atoms with Gasteiger partial charge >= 0.3 is 0 Å². The van der Waals surface area contributed by atoms with Gasteiger partial charge in [0.15, 0.2) is 11.3 Å². The summed E-state index contributed by atoms with van der Waals surface area (Å²) in [5.74, 6) is -0.325. The Morgan fingerprint density at radius 3 is 2.64 bits per heavy atom. The molecule has 1 aromatic heterocycles. The predicted molar refractivity (Wildman–Crippen MR) is 80.3 cm³/mol. The van der Waals surface area contributed by atoms with Crippen LogP contribution in [0.25, 0.3) is 11.0 Å². The number of nitrogens with zero attached hydrogens (tertiary/aromatic N) is 3. The highest BCUT2D eigenvalue weighted by Crippen LogP contribution is 2.27. The van der Waals surface area contributed by atoms with Gasteiger partial charge in [-0.25, -0.2) is 9.02 Å². The largest absolute Gasteiger partial charge is 0.368 e. The molecular weight excluding hydrogens is 285 g/mol. The van der Waals surface area contributed by atoms with E-state index in [0.717, 1.165) is 11.3 Å². The summed E-state index contributed by atoms with van der Waals surface area (Å²) < 4.78 is 17.7. The second-order valence-electron chi connectivity index (χ2n) is 5.17. The van der Waals surface area contributed by atoms with Gasteiger partial charge in [0.1, 0.15) is 11.3 Å². The van der Waals surface area contributed by atoms with Crippen molar-refractivity contribution in [3.8, 4) is 0 Å². The van der Waals surface area contributed by atoms with Crippen LogP contribution in [0.2, 0.25) is 0 Å². The first-order chi connectivity index (χ1) is 10.5. The van der Waals surface area contributed by atoms with Gasteiger partial charge in [-0.1, -0.05) is 12.1 Å². The molecule has 0 amide bonds. The first-order valence-electron chi connectivity index (χ1n) is 6.77. The van der Waals surface area contributed by atoms with Crippen LogP contribution < -0.4 is 4.90 Å². The number of rotatable bonds is 4. The Kier molecular flexibility index (Phi) is 3.58. The van der Waals surface area contributed by atoms with Crippen molar-refractivity contribution in [1.29, 1.82) is 0 Å². The molecule has 0 aliphatic carbocycles. The molecule has 0 N–H and O–H groups in total. The van der Waals surface area contributed by atoms with Crippen LogP contribution in [0.5, 0.6) is 0 Å². The van der Waals surface area contributed by atoms with E-state index < -0.39 is 0 Å². The van der Waals surface area contributed by atoms with Crippen LogP contribution >= 0.6 is 0 Å². The predicted octanol–water partition coefficient (Wildman–Crippen LogP) is 3.20. The number of hydrogen-bond acceptors (Lipinski definition) is 5. The lowest BCUT2D eigenvalue weighted by atomic mass is 10.1. The van der Waals surface area contributed by atoms with Crippen LogP contribution in [0.1, 0.15) is 22.8 Å². The first kappa shape index (κ1) is 14.2. The number of carbonyl (C=O) groups is 1. The molecule has 0 fully saturated rings. The molecule has 6 heteroatoms. The van der Waals surface area contributed by atoms with Gasteiger partial charge in [-0.3, -0.25) is 4.79 Å². The Bertz CT molecular complexity index is 827. The molecule has 0 aliphatic rings. The minimum absolute atomic E-state index is 0.0543. The van der Waals surface area contributed by atoms with E-state index in [0.29, 0.717) is 23.1 Å². The number of benzene rings is 2. The Morgan fingerprint density at radius 1 is 1.23 bits per heavy atom. The molecule has 0 atom stereocenters. The fraction of sp³-hybridized carbons (Fsp3) is 0.188. The smallest absolute Gasteiger partial charge is 0.159 e. The van der Waals surface area contributed by atoms with E-state index >= 15 is 0 Å². The zero-order valence-electron chi connectivity index (χ0n) is 12.2. The van der Waals surface area contributed by atoms with Crippen LogP contribution in [0, 0.1) is 5.82 Å². The zero-order chi connectivity index (χ0) is 15.7. The number of fused-ring (bicyclic) bond motifs is 1. The normalized spacial score (nSPS) is 10.9. The third-order valence-electron chi connectivity index (χ3n) is 3.49. The van der Waals surface area contributed by atoms with E-state index in [9.17, 15) is 9.18 Å². The summed E-state index contributed by atoms with van der Waals surface area (Å²) in [6.07, 6.45) is 0. The molecule has 5 nitrogen and oxygen atoms in total. The van der Waals surface area contributed by atoms with Gasteiger partial charge in [-0.15, -0.1) is 0 Å². The summed E-state index contributed by atoms with van der Waals surface area (Å²) in [4.78, 5) is 13.6. The minimum Gasteiger partial charge on any atom is -0.368 e. The molecule has 0 aliphatic heterocycles. The highest BCUT2D eigenvalue weighted by molar-refractivity contribution is 6.01. The molecule has 1 heterocycles. The second kappa shape index (κ2) is 5.55. The second-order valence-corrected chi connectivity index (χ2v) is 5.17. The Hall–Kier alpha value is -2.76. The average Bonchev–Trinajstić information content (AvgIpc) is 2.96. The summed E-state index contributed by atoms with van der Waals surface area (Å²) in [7, 11) is 1.87. The highest BCUT2D eigenvalue weighted by Gasteiger charge is 2.15.